The molecule has 4 aromatic rings. The van der Waals surface area contributed by atoms with E-state index in [0.29, 0.717) is 43.3 Å². The molecular weight excluding hydrogens is 902 g/mol. The fourth-order valence-electron chi connectivity index (χ4n) is 8.19. The van der Waals surface area contributed by atoms with Crippen molar-refractivity contribution in [3.8, 4) is 22.8 Å². The van der Waals surface area contributed by atoms with Gasteiger partial charge in [0.2, 0.25) is 23.5 Å². The van der Waals surface area contributed by atoms with Crippen LogP contribution in [0.4, 0.5) is 13.9 Å². The minimum atomic E-state index is -1.09. The third-order valence-corrected chi connectivity index (χ3v) is 12.8. The third kappa shape index (κ3) is 12.5. The number of morpholine rings is 1. The number of benzene rings is 3. The number of aromatic nitrogens is 1. The first-order chi connectivity index (χ1) is 30.3. The predicted molar refractivity (Wildman–Crippen MR) is 251 cm³/mol. The van der Waals surface area contributed by atoms with E-state index in [2.05, 4.69) is 38.0 Å². The molecule has 1 fully saturated rings. The second kappa shape index (κ2) is 23.2. The number of likely N-dealkylation sites (N-methyl/N-ethyl adjacent to an activating group) is 1. The van der Waals surface area contributed by atoms with Gasteiger partial charge in [-0.2, -0.15) is 4.39 Å². The molecule has 3 heterocycles. The smallest absolute Gasteiger partial charge is 0.246 e. The van der Waals surface area contributed by atoms with Crippen LogP contribution in [0, 0.1) is 17.0 Å². The Balaban J connectivity index is 0.00000397. The molecular formula is C47H60Cl2F2N6O7S. The highest BCUT2D eigenvalue weighted by Crippen LogP contribution is 2.37. The Morgan fingerprint density at radius 2 is 1.69 bits per heavy atom. The molecule has 13 nitrogen and oxygen atoms in total. The molecule has 3 aromatic carbocycles. The topological polar surface area (TPSA) is 144 Å². The van der Waals surface area contributed by atoms with E-state index in [4.69, 9.17) is 18.9 Å². The van der Waals surface area contributed by atoms with Crippen LogP contribution in [-0.2, 0) is 43.2 Å². The number of halogens is 4. The molecule has 1 saturated heterocycles. The molecule has 0 saturated carbocycles. The van der Waals surface area contributed by atoms with Crippen molar-refractivity contribution in [1.29, 1.82) is 0 Å². The second-order valence-electron chi connectivity index (χ2n) is 17.2. The summed E-state index contributed by atoms with van der Waals surface area (Å²) in [5.74, 6) is -2.67. The number of nitrogens with one attached hydrogen (secondary N) is 3. The SMILES string of the molecule is CN[C@@H](C)C(=O)N[C@H](C(=O)N1Cc2cc(OCCOCCOc3c(-c4csc(N5CCOCC5)n4)ccc(F)c3F)ccc2C[C@H]1C(=O)N[C@@H]1CCCc2ccccc21)C(C)(C)C.Cl.Cl. The van der Waals surface area contributed by atoms with Crippen LogP contribution in [0.25, 0.3) is 11.3 Å². The zero-order valence-electron chi connectivity index (χ0n) is 37.5. The van der Waals surface area contributed by atoms with Crippen LogP contribution < -0.4 is 30.3 Å². The van der Waals surface area contributed by atoms with E-state index in [0.717, 1.165) is 47.2 Å². The summed E-state index contributed by atoms with van der Waals surface area (Å²) >= 11 is 1.42. The third-order valence-electron chi connectivity index (χ3n) is 11.9. The van der Waals surface area contributed by atoms with Gasteiger partial charge in [0, 0.05) is 37.0 Å². The van der Waals surface area contributed by atoms with Gasteiger partial charge in [-0.05, 0) is 85.2 Å². The van der Waals surface area contributed by atoms with Crippen LogP contribution in [0.1, 0.15) is 68.8 Å². The molecule has 354 valence electrons. The highest BCUT2D eigenvalue weighted by atomic mass is 35.5. The number of nitrogens with zero attached hydrogens (tertiary/aromatic N) is 3. The molecule has 65 heavy (non-hydrogen) atoms. The first-order valence-electron chi connectivity index (χ1n) is 21.7. The van der Waals surface area contributed by atoms with Gasteiger partial charge in [-0.25, -0.2) is 9.37 Å². The summed E-state index contributed by atoms with van der Waals surface area (Å²) in [4.78, 5) is 50.5. The average molecular weight is 962 g/mol. The first kappa shape index (κ1) is 51.4. The van der Waals surface area contributed by atoms with Crippen molar-refractivity contribution in [3.63, 3.8) is 0 Å². The normalized spacial score (nSPS) is 17.9. The lowest BCUT2D eigenvalue weighted by molar-refractivity contribution is -0.147. The Morgan fingerprint density at radius 3 is 2.43 bits per heavy atom. The number of aryl methyl sites for hydroxylation is 1. The van der Waals surface area contributed by atoms with E-state index in [1.54, 1.807) is 24.3 Å². The van der Waals surface area contributed by atoms with Crippen molar-refractivity contribution < 1.29 is 42.1 Å². The molecule has 3 N–H and O–H groups in total. The molecule has 0 unspecified atom stereocenters. The molecule has 0 spiro atoms. The van der Waals surface area contributed by atoms with Crippen LogP contribution in [-0.4, -0.2) is 106 Å². The number of fused-ring (bicyclic) bond motifs is 2. The monoisotopic (exact) mass is 960 g/mol. The molecule has 7 rings (SSSR count). The van der Waals surface area contributed by atoms with Gasteiger partial charge in [0.05, 0.1) is 44.2 Å². The van der Waals surface area contributed by atoms with Gasteiger partial charge in [0.15, 0.2) is 16.7 Å². The number of hydrogen-bond acceptors (Lipinski definition) is 11. The summed E-state index contributed by atoms with van der Waals surface area (Å²) in [5, 5.41) is 11.8. The molecule has 0 bridgehead atoms. The summed E-state index contributed by atoms with van der Waals surface area (Å²) in [5.41, 5.74) is 4.25. The molecule has 2 aliphatic heterocycles. The number of anilines is 1. The lowest BCUT2D eigenvalue weighted by Gasteiger charge is -2.41. The Kier molecular flexibility index (Phi) is 18.4. The van der Waals surface area contributed by atoms with Crippen molar-refractivity contribution in [2.24, 2.45) is 5.41 Å². The van der Waals surface area contributed by atoms with E-state index in [1.165, 1.54) is 23.0 Å². The molecule has 3 aliphatic rings. The van der Waals surface area contributed by atoms with Crippen molar-refractivity contribution in [1.82, 2.24) is 25.8 Å². The number of carbonyl (C=O) groups excluding carboxylic acids is 3. The summed E-state index contributed by atoms with van der Waals surface area (Å²) in [6.07, 6.45) is 2.99. The van der Waals surface area contributed by atoms with E-state index >= 15 is 4.39 Å². The number of rotatable bonds is 16. The van der Waals surface area contributed by atoms with Gasteiger partial charge < -0.3 is 44.7 Å². The van der Waals surface area contributed by atoms with Gasteiger partial charge >= 0.3 is 0 Å². The largest absolute Gasteiger partial charge is 0.491 e. The second-order valence-corrected chi connectivity index (χ2v) is 18.1. The standard InChI is InChI=1S/C47H58F2N6O7S.2ClH/c1-29(50-5)43(56)53-42(47(2,3)4)45(58)55-27-32-25-33(14-13-31(32)26-39(55)44(57)51-37-12-8-10-30-9-6-7-11-34(30)37)61-23-21-60-22-24-62-41-35(15-16-36(48)40(41)49)38-28-63-46(52-38)54-17-19-59-20-18-54;;/h6-7,9,11,13-16,25,28-29,37,39,42,50H,8,10,12,17-24,26-27H2,1-5H3,(H,51,57)(H,53,56);2*1H/t29-,37+,39-,42+;;/m0../s1. The summed E-state index contributed by atoms with van der Waals surface area (Å²) < 4.78 is 52.3. The quantitative estimate of drug-likeness (QED) is 0.102. The van der Waals surface area contributed by atoms with Gasteiger partial charge in [-0.1, -0.05) is 51.1 Å². The fraction of sp³-hybridized carbons (Fsp3) is 0.489. The molecule has 4 atom stereocenters. The Morgan fingerprint density at radius 1 is 0.954 bits per heavy atom. The maximum Gasteiger partial charge on any atom is 0.246 e. The zero-order valence-corrected chi connectivity index (χ0v) is 39.9. The van der Waals surface area contributed by atoms with E-state index in [1.807, 2.05) is 51.1 Å². The highest BCUT2D eigenvalue weighted by molar-refractivity contribution is 7.14. The molecule has 0 radical (unpaired) electrons. The Labute approximate surface area is 396 Å². The summed E-state index contributed by atoms with van der Waals surface area (Å²) in [6.45, 7) is 10.6. The number of hydrogen-bond donors (Lipinski definition) is 3. The maximum absolute atomic E-state index is 15.0. The lowest BCUT2D eigenvalue weighted by Crippen LogP contribution is -2.62. The van der Waals surface area contributed by atoms with Gasteiger partial charge in [0.1, 0.15) is 31.0 Å². The zero-order chi connectivity index (χ0) is 44.7. The van der Waals surface area contributed by atoms with Crippen molar-refractivity contribution in [2.45, 2.75) is 84.1 Å². The Hall–Kier alpha value is -4.58. The summed E-state index contributed by atoms with van der Waals surface area (Å²) in [7, 11) is 1.68. The maximum atomic E-state index is 15.0. The first-order valence-corrected chi connectivity index (χ1v) is 22.6. The van der Waals surface area contributed by atoms with Crippen LogP contribution in [0.2, 0.25) is 0 Å². The van der Waals surface area contributed by atoms with Gasteiger partial charge in [0.25, 0.3) is 0 Å². The Bertz CT molecular complexity index is 2260. The minimum Gasteiger partial charge on any atom is -0.491 e. The van der Waals surface area contributed by atoms with Crippen LogP contribution in [0.5, 0.6) is 11.5 Å². The van der Waals surface area contributed by atoms with Gasteiger partial charge in [-0.3, -0.25) is 14.4 Å². The van der Waals surface area contributed by atoms with Crippen LogP contribution in [0.15, 0.2) is 60.0 Å². The molecule has 1 aliphatic carbocycles. The average Bonchev–Trinajstić information content (AvgIpc) is 3.78. The fourth-order valence-corrected chi connectivity index (χ4v) is 9.07. The summed E-state index contributed by atoms with van der Waals surface area (Å²) in [6, 6.07) is 13.9. The number of carbonyl (C=O) groups is 3. The van der Waals surface area contributed by atoms with Crippen LogP contribution >= 0.6 is 36.2 Å². The molecule has 18 heteroatoms. The van der Waals surface area contributed by atoms with Crippen molar-refractivity contribution in [3.05, 3.63) is 93.9 Å². The number of amides is 3. The van der Waals surface area contributed by atoms with Gasteiger partial charge in [-0.15, -0.1) is 36.2 Å². The lowest BCUT2D eigenvalue weighted by atomic mass is 9.83. The van der Waals surface area contributed by atoms with Crippen molar-refractivity contribution in [2.75, 3.05) is 64.7 Å². The van der Waals surface area contributed by atoms with E-state index in [9.17, 15) is 18.8 Å². The van der Waals surface area contributed by atoms with Crippen LogP contribution in [0.3, 0.4) is 0 Å². The number of ether oxygens (including phenoxy) is 4. The van der Waals surface area contributed by atoms with E-state index < -0.39 is 35.2 Å². The number of thiazole rings is 1. The van der Waals surface area contributed by atoms with E-state index in [-0.39, 0.29) is 93.7 Å². The predicted octanol–water partition coefficient (Wildman–Crippen LogP) is 6.83. The minimum absolute atomic E-state index is 0. The highest BCUT2D eigenvalue weighted by Gasteiger charge is 2.43. The molecule has 3 amide bonds. The van der Waals surface area contributed by atoms with Crippen molar-refractivity contribution >= 4 is 59.0 Å². The molecule has 1 aromatic heterocycles.